The molecule has 138 valence electrons. The molecule has 2 N–H and O–H groups in total. The molecule has 0 bridgehead atoms. The van der Waals surface area contributed by atoms with Gasteiger partial charge in [0, 0.05) is 25.8 Å². The fraction of sp³-hybridized carbons (Fsp3) is 0.471. The lowest BCUT2D eigenvalue weighted by Gasteiger charge is -2.23. The zero-order chi connectivity index (χ0) is 18.4. The van der Waals surface area contributed by atoms with Crippen molar-refractivity contribution in [2.45, 2.75) is 19.5 Å². The van der Waals surface area contributed by atoms with Crippen molar-refractivity contribution in [2.75, 3.05) is 27.2 Å². The Hall–Kier alpha value is -1.63. The van der Waals surface area contributed by atoms with Crippen molar-refractivity contribution in [1.29, 1.82) is 0 Å². The van der Waals surface area contributed by atoms with Crippen LogP contribution in [0.4, 0.5) is 0 Å². The van der Waals surface area contributed by atoms with E-state index >= 15 is 0 Å². The summed E-state index contributed by atoms with van der Waals surface area (Å²) in [4.78, 5) is 6.72. The second kappa shape index (κ2) is 9.17. The van der Waals surface area contributed by atoms with E-state index in [1.54, 1.807) is 6.26 Å². The molecule has 2 aromatic rings. The smallest absolute Gasteiger partial charge is 0.191 e. The highest BCUT2D eigenvalue weighted by molar-refractivity contribution is 6.41. The lowest BCUT2D eigenvalue weighted by Crippen LogP contribution is -2.41. The van der Waals surface area contributed by atoms with Crippen molar-refractivity contribution in [2.24, 2.45) is 12.0 Å². The maximum Gasteiger partial charge on any atom is 0.191 e. The normalized spacial score (nSPS) is 13.3. The van der Waals surface area contributed by atoms with Gasteiger partial charge in [-0.3, -0.25) is 4.90 Å². The summed E-state index contributed by atoms with van der Waals surface area (Å²) in [5, 5.41) is 7.67. The first-order chi connectivity index (χ1) is 11.9. The molecule has 0 fully saturated rings. The summed E-state index contributed by atoms with van der Waals surface area (Å²) in [5.41, 5.74) is 0.947. The number of hydrogen-bond acceptors (Lipinski definition) is 3. The third-order valence-corrected chi connectivity index (χ3v) is 4.76. The maximum atomic E-state index is 6.10. The van der Waals surface area contributed by atoms with E-state index < -0.39 is 0 Å². The van der Waals surface area contributed by atoms with E-state index in [0.29, 0.717) is 23.3 Å². The molecule has 1 unspecified atom stereocenters. The number of furan rings is 1. The Morgan fingerprint density at radius 2 is 2.12 bits per heavy atom. The first-order valence-electron chi connectivity index (χ1n) is 8.15. The van der Waals surface area contributed by atoms with E-state index in [1.165, 1.54) is 0 Å². The van der Waals surface area contributed by atoms with Crippen LogP contribution in [-0.2, 0) is 13.6 Å². The van der Waals surface area contributed by atoms with Gasteiger partial charge in [-0.2, -0.15) is 0 Å². The van der Waals surface area contributed by atoms with Crippen LogP contribution < -0.4 is 10.6 Å². The van der Waals surface area contributed by atoms with Crippen molar-refractivity contribution in [3.63, 3.8) is 0 Å². The van der Waals surface area contributed by atoms with Crippen molar-refractivity contribution in [1.82, 2.24) is 20.1 Å². The number of hydrogen-bond donors (Lipinski definition) is 2. The summed E-state index contributed by atoms with van der Waals surface area (Å²) in [5.74, 6) is 1.64. The van der Waals surface area contributed by atoms with Crippen LogP contribution in [0.1, 0.15) is 24.4 Å². The fourth-order valence-electron chi connectivity index (χ4n) is 2.45. The van der Waals surface area contributed by atoms with Crippen LogP contribution in [0.2, 0.25) is 10.2 Å². The minimum atomic E-state index is 0.109. The van der Waals surface area contributed by atoms with Crippen molar-refractivity contribution in [3.05, 3.63) is 46.1 Å². The molecule has 6 nitrogen and oxygen atoms in total. The highest BCUT2D eigenvalue weighted by Gasteiger charge is 2.17. The van der Waals surface area contributed by atoms with Crippen molar-refractivity contribution < 1.29 is 4.42 Å². The van der Waals surface area contributed by atoms with E-state index in [1.807, 2.05) is 50.8 Å². The first kappa shape index (κ1) is 19.7. The quantitative estimate of drug-likeness (QED) is 0.567. The van der Waals surface area contributed by atoms with Gasteiger partial charge in [-0.1, -0.05) is 23.2 Å². The molecule has 1 atom stereocenters. The van der Waals surface area contributed by atoms with Gasteiger partial charge in [0.15, 0.2) is 5.96 Å². The van der Waals surface area contributed by atoms with Crippen molar-refractivity contribution >= 4 is 29.2 Å². The molecule has 25 heavy (non-hydrogen) atoms. The second-order valence-corrected chi connectivity index (χ2v) is 6.67. The molecular weight excluding hydrogens is 361 g/mol. The highest BCUT2D eigenvalue weighted by atomic mass is 35.5. The second-order valence-electron chi connectivity index (χ2n) is 5.90. The summed E-state index contributed by atoms with van der Waals surface area (Å²) in [6.45, 7) is 3.95. The van der Waals surface area contributed by atoms with Gasteiger partial charge in [0.2, 0.25) is 0 Å². The lowest BCUT2D eigenvalue weighted by atomic mass is 10.2. The molecule has 8 heteroatoms. The molecule has 0 amide bonds. The van der Waals surface area contributed by atoms with Crippen molar-refractivity contribution in [3.8, 4) is 0 Å². The van der Waals surface area contributed by atoms with Gasteiger partial charge in [0.25, 0.3) is 0 Å². The molecule has 0 aliphatic heterocycles. The number of likely N-dealkylation sites (N-methyl/N-ethyl adjacent to an activating group) is 1. The van der Waals surface area contributed by atoms with Gasteiger partial charge in [-0.25, -0.2) is 4.99 Å². The van der Waals surface area contributed by atoms with Crippen LogP contribution in [0, 0.1) is 0 Å². The summed E-state index contributed by atoms with van der Waals surface area (Å²) in [6, 6.07) is 5.82. The van der Waals surface area contributed by atoms with Crippen LogP contribution >= 0.6 is 23.2 Å². The monoisotopic (exact) mass is 385 g/mol. The van der Waals surface area contributed by atoms with Crippen LogP contribution in [0.3, 0.4) is 0 Å². The molecule has 2 aromatic heterocycles. The Kier molecular flexibility index (Phi) is 7.23. The zero-order valence-electron chi connectivity index (χ0n) is 15.0. The van der Waals surface area contributed by atoms with E-state index in [9.17, 15) is 0 Å². The summed E-state index contributed by atoms with van der Waals surface area (Å²) < 4.78 is 7.37. The van der Waals surface area contributed by atoms with E-state index in [0.717, 1.165) is 24.0 Å². The summed E-state index contributed by atoms with van der Waals surface area (Å²) in [6.07, 6.45) is 1.69. The van der Waals surface area contributed by atoms with Crippen LogP contribution in [0.5, 0.6) is 0 Å². The van der Waals surface area contributed by atoms with Gasteiger partial charge in [0.1, 0.15) is 10.9 Å². The number of aromatic nitrogens is 1. The van der Waals surface area contributed by atoms with E-state index in [4.69, 9.17) is 27.6 Å². The number of aliphatic imine (C=N–C) groups is 1. The van der Waals surface area contributed by atoms with E-state index in [-0.39, 0.29) is 6.04 Å². The standard InChI is InChI=1S/C17H25Cl2N5O/c1-5-20-17(21-10-12-9-13(18)16(19)24(12)4)22-11-14(23(2)3)15-7-6-8-25-15/h6-9,14H,5,10-11H2,1-4H3,(H2,20,21,22). The largest absolute Gasteiger partial charge is 0.468 e. The molecule has 0 spiro atoms. The molecule has 0 saturated carbocycles. The number of rotatable bonds is 7. The molecule has 0 radical (unpaired) electrons. The Bertz CT molecular complexity index is 694. The molecule has 0 aliphatic carbocycles. The molecule has 0 aromatic carbocycles. The third-order valence-electron chi connectivity index (χ3n) is 3.92. The summed E-state index contributed by atoms with van der Waals surface area (Å²) >= 11 is 12.2. The number of nitrogens with zero attached hydrogens (tertiary/aromatic N) is 3. The SMILES string of the molecule is CCNC(=NCc1cc(Cl)c(Cl)n1C)NCC(c1ccco1)N(C)C. The van der Waals surface area contributed by atoms with Gasteiger partial charge in [-0.05, 0) is 39.2 Å². The van der Waals surface area contributed by atoms with Gasteiger partial charge in [-0.15, -0.1) is 0 Å². The third kappa shape index (κ3) is 5.17. The number of halogens is 2. The Morgan fingerprint density at radius 3 is 2.64 bits per heavy atom. The molecule has 0 aliphatic rings. The van der Waals surface area contributed by atoms with E-state index in [2.05, 4.69) is 20.5 Å². The summed E-state index contributed by atoms with van der Waals surface area (Å²) in [7, 11) is 5.91. The van der Waals surface area contributed by atoms with Gasteiger partial charge >= 0.3 is 0 Å². The predicted octanol–water partition coefficient (Wildman–Crippen LogP) is 3.28. The highest BCUT2D eigenvalue weighted by Crippen LogP contribution is 2.25. The van der Waals surface area contributed by atoms with Crippen LogP contribution in [0.25, 0.3) is 0 Å². The zero-order valence-corrected chi connectivity index (χ0v) is 16.5. The molecular formula is C17H25Cl2N5O. The fourth-order valence-corrected chi connectivity index (χ4v) is 2.87. The molecule has 0 saturated heterocycles. The topological polar surface area (TPSA) is 57.7 Å². The molecule has 2 heterocycles. The van der Waals surface area contributed by atoms with Gasteiger partial charge < -0.3 is 19.6 Å². The number of nitrogens with one attached hydrogen (secondary N) is 2. The maximum absolute atomic E-state index is 6.10. The minimum absolute atomic E-state index is 0.109. The van der Waals surface area contributed by atoms with Crippen LogP contribution in [-0.4, -0.2) is 42.6 Å². The number of guanidine groups is 1. The van der Waals surface area contributed by atoms with Crippen LogP contribution in [0.15, 0.2) is 33.9 Å². The molecule has 2 rings (SSSR count). The average molecular weight is 386 g/mol. The Morgan fingerprint density at radius 1 is 1.36 bits per heavy atom. The Balaban J connectivity index is 2.05. The average Bonchev–Trinajstić information content (AvgIpc) is 3.17. The lowest BCUT2D eigenvalue weighted by molar-refractivity contribution is 0.258. The predicted molar refractivity (Wildman–Crippen MR) is 103 cm³/mol. The van der Waals surface area contributed by atoms with Gasteiger partial charge in [0.05, 0.1) is 23.9 Å². The Labute approximate surface area is 158 Å². The minimum Gasteiger partial charge on any atom is -0.468 e. The first-order valence-corrected chi connectivity index (χ1v) is 8.91.